The van der Waals surface area contributed by atoms with E-state index >= 15 is 0 Å². The minimum absolute atomic E-state index is 0.116. The number of carbonyl (C=O) groups is 1. The molecule has 1 fully saturated rings. The fourth-order valence-corrected chi connectivity index (χ4v) is 5.09. The van der Waals surface area contributed by atoms with Crippen LogP contribution in [0.15, 0.2) is 72.1 Å². The zero-order valence-corrected chi connectivity index (χ0v) is 16.3. The van der Waals surface area contributed by atoms with Crippen LogP contribution in [0.3, 0.4) is 0 Å². The first-order chi connectivity index (χ1) is 13.3. The maximum absolute atomic E-state index is 12.5. The molecule has 1 amide bonds. The average Bonchev–Trinajstić information content (AvgIpc) is 3.40. The molecule has 0 atom stereocenters. The minimum atomic E-state index is 0.116. The van der Waals surface area contributed by atoms with Gasteiger partial charge in [0.2, 0.25) is 5.91 Å². The summed E-state index contributed by atoms with van der Waals surface area (Å²) in [5.41, 5.74) is 3.60. The van der Waals surface area contributed by atoms with E-state index in [0.29, 0.717) is 6.42 Å². The van der Waals surface area contributed by atoms with Crippen LogP contribution in [0.4, 0.5) is 0 Å². The molecule has 1 saturated carbocycles. The molecule has 1 aliphatic carbocycles. The molecular formula is C24H25NOS. The Morgan fingerprint density at radius 1 is 0.889 bits per heavy atom. The molecule has 0 saturated heterocycles. The van der Waals surface area contributed by atoms with Crippen LogP contribution in [-0.2, 0) is 16.6 Å². The van der Waals surface area contributed by atoms with Crippen LogP contribution in [0.1, 0.15) is 36.1 Å². The van der Waals surface area contributed by atoms with Gasteiger partial charge in [0, 0.05) is 16.8 Å². The molecule has 0 spiro atoms. The molecule has 0 radical (unpaired) electrons. The maximum Gasteiger partial charge on any atom is 0.224 e. The Bertz CT molecular complexity index is 863. The fraction of sp³-hybridized carbons (Fsp3) is 0.292. The Labute approximate surface area is 165 Å². The Balaban J connectivity index is 1.37. The zero-order valence-electron chi connectivity index (χ0n) is 15.5. The smallest absolute Gasteiger partial charge is 0.224 e. The van der Waals surface area contributed by atoms with Gasteiger partial charge in [0.15, 0.2) is 0 Å². The Kier molecular flexibility index (Phi) is 5.40. The van der Waals surface area contributed by atoms with Gasteiger partial charge in [-0.15, -0.1) is 11.3 Å². The number of thiophene rings is 1. The predicted molar refractivity (Wildman–Crippen MR) is 113 cm³/mol. The lowest BCUT2D eigenvalue weighted by Crippen LogP contribution is -2.39. The molecule has 3 heteroatoms. The van der Waals surface area contributed by atoms with Crippen LogP contribution in [0.25, 0.3) is 11.1 Å². The number of carbonyl (C=O) groups excluding carboxylic acids is 1. The Morgan fingerprint density at radius 2 is 1.59 bits per heavy atom. The predicted octanol–water partition coefficient (Wildman–Crippen LogP) is 5.59. The summed E-state index contributed by atoms with van der Waals surface area (Å²) in [6.07, 6.45) is 5.32. The van der Waals surface area contributed by atoms with E-state index in [1.54, 1.807) is 0 Å². The quantitative estimate of drug-likeness (QED) is 0.598. The van der Waals surface area contributed by atoms with E-state index < -0.39 is 0 Å². The van der Waals surface area contributed by atoms with E-state index in [4.69, 9.17) is 0 Å². The SMILES string of the molecule is O=C(Cc1ccc(-c2ccccc2)cc1)NCC1(c2cccs2)CCCC1. The van der Waals surface area contributed by atoms with Gasteiger partial charge in [0.05, 0.1) is 6.42 Å². The van der Waals surface area contributed by atoms with Crippen LogP contribution >= 0.6 is 11.3 Å². The third kappa shape index (κ3) is 4.14. The summed E-state index contributed by atoms with van der Waals surface area (Å²) in [4.78, 5) is 14.0. The van der Waals surface area contributed by atoms with Crippen molar-refractivity contribution in [3.63, 3.8) is 0 Å². The van der Waals surface area contributed by atoms with Gasteiger partial charge in [-0.1, -0.05) is 73.5 Å². The van der Waals surface area contributed by atoms with Crippen LogP contribution < -0.4 is 5.32 Å². The third-order valence-corrected chi connectivity index (χ3v) is 6.77. The molecule has 1 heterocycles. The second kappa shape index (κ2) is 8.10. The van der Waals surface area contributed by atoms with Crippen molar-refractivity contribution in [1.29, 1.82) is 0 Å². The van der Waals surface area contributed by atoms with E-state index in [1.807, 2.05) is 29.5 Å². The number of benzene rings is 2. The number of hydrogen-bond acceptors (Lipinski definition) is 2. The standard InChI is InChI=1S/C24H25NOS/c26-23(25-18-24(14-4-5-15-24)22-9-6-16-27-22)17-19-10-12-21(13-11-19)20-7-2-1-3-8-20/h1-3,6-13,16H,4-5,14-15,17-18H2,(H,25,26). The van der Waals surface area contributed by atoms with E-state index in [1.165, 1.54) is 41.7 Å². The highest BCUT2D eigenvalue weighted by molar-refractivity contribution is 7.10. The fourth-order valence-electron chi connectivity index (χ4n) is 4.10. The largest absolute Gasteiger partial charge is 0.355 e. The molecule has 2 aromatic carbocycles. The summed E-state index contributed by atoms with van der Waals surface area (Å²) in [5, 5.41) is 5.36. The van der Waals surface area contributed by atoms with E-state index in [2.05, 4.69) is 59.2 Å². The van der Waals surface area contributed by atoms with Gasteiger partial charge < -0.3 is 5.32 Å². The van der Waals surface area contributed by atoms with Gasteiger partial charge in [-0.3, -0.25) is 4.79 Å². The number of nitrogens with one attached hydrogen (secondary N) is 1. The Morgan fingerprint density at radius 3 is 2.26 bits per heavy atom. The molecule has 0 unspecified atom stereocenters. The summed E-state index contributed by atoms with van der Waals surface area (Å²) in [5.74, 6) is 0.116. The maximum atomic E-state index is 12.5. The second-order valence-corrected chi connectivity index (χ2v) is 8.43. The highest BCUT2D eigenvalue weighted by Crippen LogP contribution is 2.42. The lowest BCUT2D eigenvalue weighted by atomic mass is 9.84. The van der Waals surface area contributed by atoms with Crippen molar-refractivity contribution < 1.29 is 4.79 Å². The van der Waals surface area contributed by atoms with Crippen LogP contribution in [0, 0.1) is 0 Å². The number of rotatable bonds is 6. The van der Waals surface area contributed by atoms with Crippen molar-refractivity contribution >= 4 is 17.2 Å². The van der Waals surface area contributed by atoms with Gasteiger partial charge in [-0.2, -0.15) is 0 Å². The molecule has 0 bridgehead atoms. The Hall–Kier alpha value is -2.39. The van der Waals surface area contributed by atoms with E-state index in [0.717, 1.165) is 12.1 Å². The lowest BCUT2D eigenvalue weighted by Gasteiger charge is -2.28. The summed E-state index contributed by atoms with van der Waals surface area (Å²) in [7, 11) is 0. The zero-order chi connectivity index (χ0) is 18.5. The van der Waals surface area contributed by atoms with Crippen molar-refractivity contribution in [2.24, 2.45) is 0 Å². The summed E-state index contributed by atoms with van der Waals surface area (Å²) in [6.45, 7) is 0.758. The van der Waals surface area contributed by atoms with Crippen molar-refractivity contribution in [3.8, 4) is 11.1 Å². The monoisotopic (exact) mass is 375 g/mol. The summed E-state index contributed by atoms with van der Waals surface area (Å²) < 4.78 is 0. The van der Waals surface area contributed by atoms with Crippen molar-refractivity contribution in [3.05, 3.63) is 82.6 Å². The van der Waals surface area contributed by atoms with Crippen LogP contribution in [0.5, 0.6) is 0 Å². The summed E-state index contributed by atoms with van der Waals surface area (Å²) in [6, 6.07) is 23.0. The highest BCUT2D eigenvalue weighted by atomic mass is 32.1. The minimum Gasteiger partial charge on any atom is -0.355 e. The van der Waals surface area contributed by atoms with Crippen molar-refractivity contribution in [2.45, 2.75) is 37.5 Å². The van der Waals surface area contributed by atoms with Gasteiger partial charge >= 0.3 is 0 Å². The molecule has 4 rings (SSSR count). The first kappa shape index (κ1) is 18.0. The van der Waals surface area contributed by atoms with Crippen molar-refractivity contribution in [2.75, 3.05) is 6.54 Å². The number of hydrogen-bond donors (Lipinski definition) is 1. The first-order valence-corrected chi connectivity index (χ1v) is 10.6. The molecule has 0 aliphatic heterocycles. The second-order valence-electron chi connectivity index (χ2n) is 7.48. The molecule has 27 heavy (non-hydrogen) atoms. The van der Waals surface area contributed by atoms with E-state index in [-0.39, 0.29) is 11.3 Å². The summed E-state index contributed by atoms with van der Waals surface area (Å²) >= 11 is 1.82. The van der Waals surface area contributed by atoms with Crippen LogP contribution in [-0.4, -0.2) is 12.5 Å². The van der Waals surface area contributed by atoms with Crippen LogP contribution in [0.2, 0.25) is 0 Å². The third-order valence-electron chi connectivity index (χ3n) is 5.65. The molecule has 1 N–H and O–H groups in total. The molecule has 3 aromatic rings. The average molecular weight is 376 g/mol. The molecule has 2 nitrogen and oxygen atoms in total. The van der Waals surface area contributed by atoms with Gasteiger partial charge in [-0.05, 0) is 41.0 Å². The number of amides is 1. The molecular weight excluding hydrogens is 350 g/mol. The van der Waals surface area contributed by atoms with Gasteiger partial charge in [0.25, 0.3) is 0 Å². The topological polar surface area (TPSA) is 29.1 Å². The lowest BCUT2D eigenvalue weighted by molar-refractivity contribution is -0.120. The molecule has 138 valence electrons. The first-order valence-electron chi connectivity index (χ1n) is 9.70. The van der Waals surface area contributed by atoms with Crippen molar-refractivity contribution in [1.82, 2.24) is 5.32 Å². The van der Waals surface area contributed by atoms with E-state index in [9.17, 15) is 4.79 Å². The van der Waals surface area contributed by atoms with Gasteiger partial charge in [0.1, 0.15) is 0 Å². The van der Waals surface area contributed by atoms with Gasteiger partial charge in [-0.25, -0.2) is 0 Å². The molecule has 1 aromatic heterocycles. The highest BCUT2D eigenvalue weighted by Gasteiger charge is 2.36. The normalized spacial score (nSPS) is 15.6. The molecule has 1 aliphatic rings.